The Labute approximate surface area is 129 Å². The van der Waals surface area contributed by atoms with Crippen LogP contribution in [0.5, 0.6) is 0 Å². The van der Waals surface area contributed by atoms with Crippen LogP contribution in [0.25, 0.3) is 0 Å². The van der Waals surface area contributed by atoms with Crippen molar-refractivity contribution >= 4 is 11.3 Å². The zero-order valence-corrected chi connectivity index (χ0v) is 13.6. The predicted octanol–water partition coefficient (Wildman–Crippen LogP) is 2.46. The van der Waals surface area contributed by atoms with Crippen LogP contribution in [0, 0.1) is 6.92 Å². The van der Waals surface area contributed by atoms with E-state index in [1.807, 2.05) is 16.0 Å². The SMILES string of the molecule is COCc1nc2n(n1)C[C@H](N[C@@H](C)c1sccc1C)CC2. The van der Waals surface area contributed by atoms with Gasteiger partial charge in [0.05, 0.1) is 6.54 Å². The summed E-state index contributed by atoms with van der Waals surface area (Å²) in [5.41, 5.74) is 1.37. The van der Waals surface area contributed by atoms with Gasteiger partial charge >= 0.3 is 0 Å². The van der Waals surface area contributed by atoms with Crippen LogP contribution in [0.1, 0.15) is 41.5 Å². The zero-order valence-electron chi connectivity index (χ0n) is 12.8. The molecule has 0 unspecified atom stereocenters. The molecule has 0 fully saturated rings. The Kier molecular flexibility index (Phi) is 4.37. The van der Waals surface area contributed by atoms with E-state index in [9.17, 15) is 0 Å². The number of nitrogens with one attached hydrogen (secondary N) is 1. The fourth-order valence-corrected chi connectivity index (χ4v) is 3.89. The van der Waals surface area contributed by atoms with Gasteiger partial charge in [-0.1, -0.05) is 0 Å². The first-order chi connectivity index (χ1) is 10.2. The molecule has 5 nitrogen and oxygen atoms in total. The molecule has 2 aromatic heterocycles. The summed E-state index contributed by atoms with van der Waals surface area (Å²) in [5.74, 6) is 1.87. The van der Waals surface area contributed by atoms with Gasteiger partial charge in [0.1, 0.15) is 12.4 Å². The van der Waals surface area contributed by atoms with Gasteiger partial charge in [0, 0.05) is 30.5 Å². The molecule has 114 valence electrons. The van der Waals surface area contributed by atoms with Crippen LogP contribution >= 0.6 is 11.3 Å². The van der Waals surface area contributed by atoms with Crippen LogP contribution in [-0.4, -0.2) is 27.9 Å². The molecule has 0 radical (unpaired) electrons. The lowest BCUT2D eigenvalue weighted by molar-refractivity contribution is 0.177. The number of methoxy groups -OCH3 is 1. The van der Waals surface area contributed by atoms with Crippen molar-refractivity contribution in [1.29, 1.82) is 0 Å². The van der Waals surface area contributed by atoms with Crippen molar-refractivity contribution in [2.75, 3.05) is 7.11 Å². The standard InChI is InChI=1S/C15H22N4OS/c1-10-6-7-21-15(10)11(2)16-12-4-5-14-17-13(9-20-3)18-19(14)8-12/h6-7,11-12,16H,4-5,8-9H2,1-3H3/t11-,12+/m0/s1. The molecule has 0 saturated carbocycles. The third-order valence-electron chi connectivity index (χ3n) is 3.96. The zero-order chi connectivity index (χ0) is 14.8. The summed E-state index contributed by atoms with van der Waals surface area (Å²) >= 11 is 1.83. The Morgan fingerprint density at radius 1 is 1.57 bits per heavy atom. The molecule has 6 heteroatoms. The maximum atomic E-state index is 5.11. The van der Waals surface area contributed by atoms with E-state index in [1.165, 1.54) is 10.4 Å². The lowest BCUT2D eigenvalue weighted by Gasteiger charge is -2.27. The molecular formula is C15H22N4OS. The monoisotopic (exact) mass is 306 g/mol. The maximum Gasteiger partial charge on any atom is 0.176 e. The summed E-state index contributed by atoms with van der Waals surface area (Å²) in [7, 11) is 1.68. The number of fused-ring (bicyclic) bond motifs is 1. The van der Waals surface area contributed by atoms with Gasteiger partial charge in [-0.3, -0.25) is 0 Å². The number of ether oxygens (including phenoxy) is 1. The van der Waals surface area contributed by atoms with Gasteiger partial charge in [-0.15, -0.1) is 11.3 Å². The number of aromatic nitrogens is 3. The van der Waals surface area contributed by atoms with Crippen LogP contribution in [0.2, 0.25) is 0 Å². The second-order valence-corrected chi connectivity index (χ2v) is 6.60. The highest BCUT2D eigenvalue weighted by molar-refractivity contribution is 7.10. The van der Waals surface area contributed by atoms with Crippen LogP contribution in [0.3, 0.4) is 0 Å². The molecule has 0 aromatic carbocycles. The summed E-state index contributed by atoms with van der Waals surface area (Å²) in [6, 6.07) is 3.02. The third-order valence-corrected chi connectivity index (χ3v) is 5.16. The van der Waals surface area contributed by atoms with Crippen LogP contribution in [0.15, 0.2) is 11.4 Å². The lowest BCUT2D eigenvalue weighted by atomic mass is 10.1. The minimum atomic E-state index is 0.388. The van der Waals surface area contributed by atoms with Crippen LogP contribution < -0.4 is 5.32 Å². The van der Waals surface area contributed by atoms with Crippen molar-refractivity contribution in [3.63, 3.8) is 0 Å². The van der Waals surface area contributed by atoms with Gasteiger partial charge in [0.2, 0.25) is 0 Å². The first kappa shape index (κ1) is 14.7. The minimum absolute atomic E-state index is 0.388. The molecule has 2 aromatic rings. The molecule has 1 aliphatic rings. The van der Waals surface area contributed by atoms with Crippen LogP contribution in [-0.2, 0) is 24.3 Å². The average Bonchev–Trinajstić information content (AvgIpc) is 3.04. The molecular weight excluding hydrogens is 284 g/mol. The molecule has 0 amide bonds. The summed E-state index contributed by atoms with van der Waals surface area (Å²) < 4.78 is 7.14. The van der Waals surface area contributed by atoms with E-state index in [0.717, 1.165) is 31.0 Å². The van der Waals surface area contributed by atoms with E-state index in [4.69, 9.17) is 4.74 Å². The predicted molar refractivity (Wildman–Crippen MR) is 83.5 cm³/mol. The fourth-order valence-electron chi connectivity index (χ4n) is 2.94. The van der Waals surface area contributed by atoms with Crippen molar-refractivity contribution in [1.82, 2.24) is 20.1 Å². The van der Waals surface area contributed by atoms with Gasteiger partial charge in [0.25, 0.3) is 0 Å². The largest absolute Gasteiger partial charge is 0.377 e. The van der Waals surface area contributed by atoms with E-state index >= 15 is 0 Å². The Hall–Kier alpha value is -1.24. The maximum absolute atomic E-state index is 5.11. The summed E-state index contributed by atoms with van der Waals surface area (Å²) in [6.07, 6.45) is 2.09. The second-order valence-electron chi connectivity index (χ2n) is 5.65. The number of hydrogen-bond donors (Lipinski definition) is 1. The van der Waals surface area contributed by atoms with Crippen LogP contribution in [0.4, 0.5) is 0 Å². The van der Waals surface area contributed by atoms with E-state index < -0.39 is 0 Å². The highest BCUT2D eigenvalue weighted by Crippen LogP contribution is 2.25. The summed E-state index contributed by atoms with van der Waals surface area (Å²) in [6.45, 7) is 5.80. The third kappa shape index (κ3) is 3.17. The second kappa shape index (κ2) is 6.25. The molecule has 3 rings (SSSR count). The minimum Gasteiger partial charge on any atom is -0.377 e. The van der Waals surface area contributed by atoms with Gasteiger partial charge in [-0.25, -0.2) is 9.67 Å². The normalized spacial score (nSPS) is 19.5. The number of hydrogen-bond acceptors (Lipinski definition) is 5. The van der Waals surface area contributed by atoms with Crippen molar-refractivity contribution < 1.29 is 4.74 Å². The Morgan fingerprint density at radius 2 is 2.43 bits per heavy atom. The van der Waals surface area contributed by atoms with E-state index in [2.05, 4.69) is 40.7 Å². The van der Waals surface area contributed by atoms with Crippen molar-refractivity contribution in [3.8, 4) is 0 Å². The molecule has 21 heavy (non-hydrogen) atoms. The molecule has 0 spiro atoms. The summed E-state index contributed by atoms with van der Waals surface area (Å²) in [5, 5.41) is 10.4. The number of thiophene rings is 1. The molecule has 1 aliphatic heterocycles. The molecule has 0 aliphatic carbocycles. The summed E-state index contributed by atoms with van der Waals surface area (Å²) in [4.78, 5) is 5.95. The quantitative estimate of drug-likeness (QED) is 0.922. The molecule has 1 N–H and O–H groups in total. The topological polar surface area (TPSA) is 52.0 Å². The Morgan fingerprint density at radius 3 is 3.14 bits per heavy atom. The smallest absolute Gasteiger partial charge is 0.176 e. The fraction of sp³-hybridized carbons (Fsp3) is 0.600. The van der Waals surface area contributed by atoms with E-state index in [0.29, 0.717) is 18.7 Å². The Bertz CT molecular complexity index is 607. The first-order valence-corrected chi connectivity index (χ1v) is 8.27. The van der Waals surface area contributed by atoms with Crippen molar-refractivity contribution in [2.45, 2.75) is 51.9 Å². The van der Waals surface area contributed by atoms with E-state index in [1.54, 1.807) is 7.11 Å². The van der Waals surface area contributed by atoms with Gasteiger partial charge in [-0.2, -0.15) is 5.10 Å². The molecule has 0 bridgehead atoms. The molecule has 2 atom stereocenters. The highest BCUT2D eigenvalue weighted by Gasteiger charge is 2.23. The first-order valence-electron chi connectivity index (χ1n) is 7.39. The van der Waals surface area contributed by atoms with Gasteiger partial charge in [0.15, 0.2) is 5.82 Å². The van der Waals surface area contributed by atoms with Gasteiger partial charge in [-0.05, 0) is 37.3 Å². The highest BCUT2D eigenvalue weighted by atomic mass is 32.1. The number of nitrogens with zero attached hydrogens (tertiary/aromatic N) is 3. The van der Waals surface area contributed by atoms with Crippen molar-refractivity contribution in [2.24, 2.45) is 0 Å². The molecule has 0 saturated heterocycles. The Balaban J connectivity index is 1.64. The van der Waals surface area contributed by atoms with E-state index in [-0.39, 0.29) is 0 Å². The lowest BCUT2D eigenvalue weighted by Crippen LogP contribution is -2.39. The number of rotatable bonds is 5. The average molecular weight is 306 g/mol. The molecule has 3 heterocycles. The van der Waals surface area contributed by atoms with Crippen molar-refractivity contribution in [3.05, 3.63) is 33.5 Å². The van der Waals surface area contributed by atoms with Gasteiger partial charge < -0.3 is 10.1 Å². The number of aryl methyl sites for hydroxylation is 2.